The number of hydrogen-bond acceptors (Lipinski definition) is 3. The molecule has 2 rings (SSSR count). The van der Waals surface area contributed by atoms with Crippen molar-refractivity contribution in [3.8, 4) is 17.6 Å². The molecular weight excluding hydrogens is 353 g/mol. The molecule has 0 aliphatic carbocycles. The Morgan fingerprint density at radius 3 is 2.26 bits per heavy atom. The molecule has 0 saturated carbocycles. The summed E-state index contributed by atoms with van der Waals surface area (Å²) in [5.74, 6) is 1.58. The molecule has 0 radical (unpaired) electrons. The van der Waals surface area contributed by atoms with Gasteiger partial charge in [0.15, 0.2) is 0 Å². The van der Waals surface area contributed by atoms with Gasteiger partial charge in [-0.15, -0.1) is 0 Å². The summed E-state index contributed by atoms with van der Waals surface area (Å²) in [6.45, 7) is 0.956. The van der Waals surface area contributed by atoms with Crippen LogP contribution in [0.1, 0.15) is 5.56 Å². The molecule has 0 unspecified atom stereocenters. The van der Waals surface area contributed by atoms with E-state index < -0.39 is 0 Å². The minimum absolute atomic E-state index is 0.470. The minimum atomic E-state index is 0.470. The van der Waals surface area contributed by atoms with Crippen molar-refractivity contribution in [3.05, 3.63) is 57.7 Å². The van der Waals surface area contributed by atoms with Gasteiger partial charge in [-0.2, -0.15) is 5.26 Å². The predicted octanol–water partition coefficient (Wildman–Crippen LogP) is 3.62. The minimum Gasteiger partial charge on any atom is -0.490 e. The van der Waals surface area contributed by atoms with E-state index in [1.54, 1.807) is 24.3 Å². The maximum absolute atomic E-state index is 8.68. The molecule has 2 aromatic rings. The first-order valence-electron chi connectivity index (χ1n) is 5.79. The Hall–Kier alpha value is -1.74. The average molecular weight is 365 g/mol. The van der Waals surface area contributed by atoms with Crippen molar-refractivity contribution in [1.29, 1.82) is 5.26 Å². The Kier molecular flexibility index (Phi) is 5.04. The Morgan fingerprint density at radius 2 is 1.63 bits per heavy atom. The molecule has 0 spiro atoms. The standard InChI is InChI=1S/C15H12INO2/c16-13-2-1-3-15(10-13)19-9-8-18-14-6-4-12(11-17)5-7-14/h1-7,10H,8-9H2. The smallest absolute Gasteiger partial charge is 0.122 e. The molecule has 19 heavy (non-hydrogen) atoms. The van der Waals surface area contributed by atoms with Crippen LogP contribution in [0.3, 0.4) is 0 Å². The first-order valence-corrected chi connectivity index (χ1v) is 6.87. The fraction of sp³-hybridized carbons (Fsp3) is 0.133. The molecule has 2 aromatic carbocycles. The van der Waals surface area contributed by atoms with Crippen molar-refractivity contribution in [3.63, 3.8) is 0 Å². The van der Waals surface area contributed by atoms with Crippen LogP contribution >= 0.6 is 22.6 Å². The molecule has 0 N–H and O–H groups in total. The van der Waals surface area contributed by atoms with Gasteiger partial charge in [-0.3, -0.25) is 0 Å². The molecule has 0 heterocycles. The highest BCUT2D eigenvalue weighted by atomic mass is 127. The zero-order valence-corrected chi connectivity index (χ0v) is 12.3. The van der Waals surface area contributed by atoms with E-state index >= 15 is 0 Å². The first-order chi connectivity index (χ1) is 9.28. The average Bonchev–Trinajstić information content (AvgIpc) is 2.44. The van der Waals surface area contributed by atoms with Gasteiger partial charge in [0.05, 0.1) is 11.6 Å². The lowest BCUT2D eigenvalue weighted by Crippen LogP contribution is -2.08. The predicted molar refractivity (Wildman–Crippen MR) is 81.3 cm³/mol. The summed E-state index contributed by atoms with van der Waals surface area (Å²) in [5.41, 5.74) is 0.627. The molecule has 96 valence electrons. The quantitative estimate of drug-likeness (QED) is 0.601. The molecule has 0 saturated heterocycles. The van der Waals surface area contributed by atoms with Gasteiger partial charge < -0.3 is 9.47 Å². The topological polar surface area (TPSA) is 42.2 Å². The fourth-order valence-electron chi connectivity index (χ4n) is 1.50. The lowest BCUT2D eigenvalue weighted by molar-refractivity contribution is 0.217. The second-order valence-electron chi connectivity index (χ2n) is 3.79. The van der Waals surface area contributed by atoms with Crippen LogP contribution in [0.25, 0.3) is 0 Å². The van der Waals surface area contributed by atoms with E-state index in [-0.39, 0.29) is 0 Å². The molecule has 0 fully saturated rings. The number of ether oxygens (including phenoxy) is 2. The van der Waals surface area contributed by atoms with Crippen LogP contribution in [-0.4, -0.2) is 13.2 Å². The lowest BCUT2D eigenvalue weighted by Gasteiger charge is -2.08. The zero-order chi connectivity index (χ0) is 13.5. The SMILES string of the molecule is N#Cc1ccc(OCCOc2cccc(I)c2)cc1. The maximum atomic E-state index is 8.68. The van der Waals surface area contributed by atoms with E-state index in [4.69, 9.17) is 14.7 Å². The molecule has 0 atom stereocenters. The Balaban J connectivity index is 1.76. The number of halogens is 1. The number of hydrogen-bond donors (Lipinski definition) is 0. The molecular formula is C15H12INO2. The van der Waals surface area contributed by atoms with Crippen LogP contribution < -0.4 is 9.47 Å². The van der Waals surface area contributed by atoms with E-state index in [0.717, 1.165) is 15.1 Å². The van der Waals surface area contributed by atoms with Crippen LogP contribution in [0.2, 0.25) is 0 Å². The van der Waals surface area contributed by atoms with Crippen LogP contribution in [0.4, 0.5) is 0 Å². The highest BCUT2D eigenvalue weighted by Crippen LogP contribution is 2.15. The third-order valence-corrected chi connectivity index (χ3v) is 3.07. The largest absolute Gasteiger partial charge is 0.490 e. The summed E-state index contributed by atoms with van der Waals surface area (Å²) in [4.78, 5) is 0. The zero-order valence-electron chi connectivity index (χ0n) is 10.2. The Morgan fingerprint density at radius 1 is 0.947 bits per heavy atom. The van der Waals surface area contributed by atoms with Gasteiger partial charge in [0.2, 0.25) is 0 Å². The maximum Gasteiger partial charge on any atom is 0.122 e. The lowest BCUT2D eigenvalue weighted by atomic mass is 10.2. The summed E-state index contributed by atoms with van der Waals surface area (Å²) < 4.78 is 12.2. The molecule has 0 aliphatic heterocycles. The van der Waals surface area contributed by atoms with E-state index in [0.29, 0.717) is 18.8 Å². The van der Waals surface area contributed by atoms with E-state index in [9.17, 15) is 0 Å². The molecule has 3 nitrogen and oxygen atoms in total. The van der Waals surface area contributed by atoms with Crippen molar-refractivity contribution in [1.82, 2.24) is 0 Å². The Bertz CT molecular complexity index is 575. The third-order valence-electron chi connectivity index (χ3n) is 2.40. The molecule has 0 amide bonds. The monoisotopic (exact) mass is 365 g/mol. The summed E-state index contributed by atoms with van der Waals surface area (Å²) >= 11 is 2.24. The van der Waals surface area contributed by atoms with Crippen molar-refractivity contribution in [2.75, 3.05) is 13.2 Å². The number of nitrogens with zero attached hydrogens (tertiary/aromatic N) is 1. The summed E-state index contributed by atoms with van der Waals surface area (Å²) in [7, 11) is 0. The van der Waals surface area contributed by atoms with Gasteiger partial charge in [-0.1, -0.05) is 6.07 Å². The number of nitriles is 1. The van der Waals surface area contributed by atoms with Crippen molar-refractivity contribution in [2.24, 2.45) is 0 Å². The van der Waals surface area contributed by atoms with Crippen LogP contribution in [0.15, 0.2) is 48.5 Å². The van der Waals surface area contributed by atoms with Gasteiger partial charge >= 0.3 is 0 Å². The van der Waals surface area contributed by atoms with Crippen molar-refractivity contribution in [2.45, 2.75) is 0 Å². The summed E-state index contributed by atoms with van der Waals surface area (Å²) in [6.07, 6.45) is 0. The fourth-order valence-corrected chi connectivity index (χ4v) is 2.02. The number of benzene rings is 2. The van der Waals surface area contributed by atoms with Gasteiger partial charge in [0, 0.05) is 3.57 Å². The van der Waals surface area contributed by atoms with Gasteiger partial charge in [-0.25, -0.2) is 0 Å². The van der Waals surface area contributed by atoms with Crippen LogP contribution in [-0.2, 0) is 0 Å². The van der Waals surface area contributed by atoms with Crippen molar-refractivity contribution < 1.29 is 9.47 Å². The highest BCUT2D eigenvalue weighted by Gasteiger charge is 1.97. The van der Waals surface area contributed by atoms with E-state index in [2.05, 4.69) is 28.7 Å². The molecule has 4 heteroatoms. The highest BCUT2D eigenvalue weighted by molar-refractivity contribution is 14.1. The van der Waals surface area contributed by atoms with E-state index in [1.807, 2.05) is 24.3 Å². The first kappa shape index (κ1) is 13.7. The van der Waals surface area contributed by atoms with E-state index in [1.165, 1.54) is 0 Å². The summed E-state index contributed by atoms with van der Waals surface area (Å²) in [6, 6.07) is 17.0. The Labute approximate surface area is 125 Å². The molecule has 0 aromatic heterocycles. The molecule has 0 bridgehead atoms. The third kappa shape index (κ3) is 4.45. The number of rotatable bonds is 5. The summed E-state index contributed by atoms with van der Waals surface area (Å²) in [5, 5.41) is 8.68. The van der Waals surface area contributed by atoms with Crippen molar-refractivity contribution >= 4 is 22.6 Å². The van der Waals surface area contributed by atoms with Gasteiger partial charge in [-0.05, 0) is 65.1 Å². The van der Waals surface area contributed by atoms with Gasteiger partial charge in [0.25, 0.3) is 0 Å². The normalized spacial score (nSPS) is 9.68. The van der Waals surface area contributed by atoms with Gasteiger partial charge in [0.1, 0.15) is 24.7 Å². The van der Waals surface area contributed by atoms with Crippen LogP contribution in [0.5, 0.6) is 11.5 Å². The van der Waals surface area contributed by atoms with Crippen LogP contribution in [0, 0.1) is 14.9 Å². The second-order valence-corrected chi connectivity index (χ2v) is 5.04. The molecule has 0 aliphatic rings. The second kappa shape index (κ2) is 7.00.